The van der Waals surface area contributed by atoms with E-state index in [4.69, 9.17) is 0 Å². The van der Waals surface area contributed by atoms with Gasteiger partial charge in [-0.1, -0.05) is 48.5 Å². The molecule has 0 spiro atoms. The molecule has 8 heteroatoms. The quantitative estimate of drug-likeness (QED) is 0.549. The third kappa shape index (κ3) is 5.34. The Kier molecular flexibility index (Phi) is 7.07. The van der Waals surface area contributed by atoms with Gasteiger partial charge in [0.2, 0.25) is 17.7 Å². The molecule has 2 heterocycles. The number of rotatable bonds is 6. The molecule has 2 unspecified atom stereocenters. The lowest BCUT2D eigenvalue weighted by atomic mass is 9.90. The smallest absolute Gasteiger partial charge is 0.228 e. The van der Waals surface area contributed by atoms with Crippen LogP contribution in [0.3, 0.4) is 0 Å². The van der Waals surface area contributed by atoms with Crippen molar-refractivity contribution in [3.05, 3.63) is 70.6 Å². The molecule has 2 N–H and O–H groups in total. The monoisotopic (exact) mass is 476 g/mol. The van der Waals surface area contributed by atoms with Gasteiger partial charge in [-0.15, -0.1) is 11.3 Å². The molecule has 176 valence electrons. The van der Waals surface area contributed by atoms with E-state index in [-0.39, 0.29) is 36.2 Å². The van der Waals surface area contributed by atoms with Crippen molar-refractivity contribution in [3.8, 4) is 11.3 Å². The second-order valence-corrected chi connectivity index (χ2v) is 9.37. The minimum Gasteiger partial charge on any atom is -0.350 e. The van der Waals surface area contributed by atoms with Crippen LogP contribution in [0.5, 0.6) is 0 Å². The van der Waals surface area contributed by atoms with Crippen molar-refractivity contribution in [1.29, 1.82) is 0 Å². The highest BCUT2D eigenvalue weighted by molar-refractivity contribution is 7.14. The summed E-state index contributed by atoms with van der Waals surface area (Å²) in [4.78, 5) is 42.7. The highest BCUT2D eigenvalue weighted by Gasteiger charge is 2.30. The summed E-state index contributed by atoms with van der Waals surface area (Å²) in [6.45, 7) is 5.60. The van der Waals surface area contributed by atoms with Crippen molar-refractivity contribution < 1.29 is 14.4 Å². The maximum atomic E-state index is 12.9. The number of carbonyl (C=O) groups excluding carboxylic acids is 3. The summed E-state index contributed by atoms with van der Waals surface area (Å²) in [6, 6.07) is 15.5. The topological polar surface area (TPSA) is 91.4 Å². The van der Waals surface area contributed by atoms with Crippen LogP contribution in [0, 0.1) is 0 Å². The lowest BCUT2D eigenvalue weighted by Gasteiger charge is -2.36. The molecule has 0 saturated heterocycles. The molecule has 0 fully saturated rings. The maximum Gasteiger partial charge on any atom is 0.228 e. The van der Waals surface area contributed by atoms with Gasteiger partial charge in [0.25, 0.3) is 0 Å². The first-order chi connectivity index (χ1) is 16.3. The fraction of sp³-hybridized carbons (Fsp3) is 0.308. The van der Waals surface area contributed by atoms with Crippen LogP contribution in [0.15, 0.2) is 53.9 Å². The third-order valence-electron chi connectivity index (χ3n) is 6.07. The minimum atomic E-state index is -0.278. The van der Waals surface area contributed by atoms with Crippen molar-refractivity contribution in [2.24, 2.45) is 0 Å². The number of nitrogens with one attached hydrogen (secondary N) is 2. The van der Waals surface area contributed by atoms with Crippen LogP contribution in [0.4, 0.5) is 5.13 Å². The molecule has 2 atom stereocenters. The van der Waals surface area contributed by atoms with Crippen molar-refractivity contribution in [2.45, 2.75) is 45.7 Å². The summed E-state index contributed by atoms with van der Waals surface area (Å²) in [5.41, 5.74) is 4.93. The summed E-state index contributed by atoms with van der Waals surface area (Å²) >= 11 is 1.37. The van der Waals surface area contributed by atoms with Crippen LogP contribution in [-0.2, 0) is 20.8 Å². The molecule has 3 aromatic rings. The lowest BCUT2D eigenvalue weighted by molar-refractivity contribution is -0.132. The molecule has 7 nitrogen and oxygen atoms in total. The summed E-state index contributed by atoms with van der Waals surface area (Å²) in [6.07, 6.45) is 0.979. The van der Waals surface area contributed by atoms with Gasteiger partial charge in [-0.3, -0.25) is 14.4 Å². The Bertz CT molecular complexity index is 1200. The average Bonchev–Trinajstić information content (AvgIpc) is 3.27. The third-order valence-corrected chi connectivity index (χ3v) is 6.83. The van der Waals surface area contributed by atoms with E-state index in [1.165, 1.54) is 23.8 Å². The molecule has 34 heavy (non-hydrogen) atoms. The van der Waals surface area contributed by atoms with Crippen LogP contribution in [0.25, 0.3) is 11.3 Å². The molecular weight excluding hydrogens is 448 g/mol. The number of fused-ring (bicyclic) bond motifs is 1. The standard InChI is InChI=1S/C26H28N4O3S/c1-16(27-17(2)31)19-8-10-21(11-9-19)23-15-34-26(28-23)29-25(33)14-24-22-7-5-4-6-20(22)12-13-30(24)18(3)32/h4-11,15-16,24H,12-14H2,1-3H3,(H,27,31)(H,28,29,33). The predicted octanol–water partition coefficient (Wildman–Crippen LogP) is 4.48. The number of aromatic nitrogens is 1. The van der Waals surface area contributed by atoms with Crippen LogP contribution in [-0.4, -0.2) is 34.2 Å². The Morgan fingerprint density at radius 1 is 1.12 bits per heavy atom. The fourth-order valence-electron chi connectivity index (χ4n) is 4.39. The lowest BCUT2D eigenvalue weighted by Crippen LogP contribution is -2.40. The molecule has 3 amide bonds. The van der Waals surface area contributed by atoms with E-state index in [2.05, 4.69) is 21.7 Å². The van der Waals surface area contributed by atoms with Crippen molar-refractivity contribution >= 4 is 34.2 Å². The van der Waals surface area contributed by atoms with E-state index < -0.39 is 0 Å². The molecule has 2 aromatic carbocycles. The Balaban J connectivity index is 1.43. The van der Waals surface area contributed by atoms with Crippen LogP contribution < -0.4 is 10.6 Å². The molecule has 1 aromatic heterocycles. The molecule has 4 rings (SSSR count). The van der Waals surface area contributed by atoms with Crippen LogP contribution in [0.1, 0.15) is 56.0 Å². The van der Waals surface area contributed by atoms with Crippen LogP contribution >= 0.6 is 11.3 Å². The van der Waals surface area contributed by atoms with Gasteiger partial charge in [0.05, 0.1) is 24.2 Å². The van der Waals surface area contributed by atoms with E-state index >= 15 is 0 Å². The SMILES string of the molecule is CC(=O)NC(C)c1ccc(-c2csc(NC(=O)CC3c4ccccc4CCN3C(C)=O)n2)cc1. The number of anilines is 1. The Morgan fingerprint density at radius 3 is 2.56 bits per heavy atom. The van der Waals surface area contributed by atoms with Gasteiger partial charge in [-0.05, 0) is 30.0 Å². The van der Waals surface area contributed by atoms with Gasteiger partial charge < -0.3 is 15.5 Å². The Hall–Kier alpha value is -3.52. The van der Waals surface area contributed by atoms with E-state index in [0.717, 1.165) is 28.8 Å². The highest BCUT2D eigenvalue weighted by Crippen LogP contribution is 2.33. The summed E-state index contributed by atoms with van der Waals surface area (Å²) in [7, 11) is 0. The first kappa shape index (κ1) is 23.6. The number of amides is 3. The van der Waals surface area contributed by atoms with E-state index in [1.54, 1.807) is 11.8 Å². The summed E-state index contributed by atoms with van der Waals surface area (Å²) in [5, 5.41) is 8.20. The largest absolute Gasteiger partial charge is 0.350 e. The highest BCUT2D eigenvalue weighted by atomic mass is 32.1. The molecule has 1 aliphatic rings. The Labute approximate surface area is 203 Å². The number of thiazole rings is 1. The average molecular weight is 477 g/mol. The molecule has 0 radical (unpaired) electrons. The number of benzene rings is 2. The van der Waals surface area contributed by atoms with E-state index in [0.29, 0.717) is 11.7 Å². The summed E-state index contributed by atoms with van der Waals surface area (Å²) < 4.78 is 0. The van der Waals surface area contributed by atoms with Gasteiger partial charge in [0.15, 0.2) is 5.13 Å². The van der Waals surface area contributed by atoms with Gasteiger partial charge in [-0.2, -0.15) is 0 Å². The first-order valence-electron chi connectivity index (χ1n) is 11.3. The van der Waals surface area contributed by atoms with E-state index in [1.807, 2.05) is 54.8 Å². The zero-order chi connectivity index (χ0) is 24.2. The predicted molar refractivity (Wildman–Crippen MR) is 133 cm³/mol. The molecule has 0 aliphatic carbocycles. The van der Waals surface area contributed by atoms with Gasteiger partial charge >= 0.3 is 0 Å². The van der Waals surface area contributed by atoms with Gasteiger partial charge in [0.1, 0.15) is 0 Å². The van der Waals surface area contributed by atoms with E-state index in [9.17, 15) is 14.4 Å². The molecular formula is C26H28N4O3S. The Morgan fingerprint density at radius 2 is 1.85 bits per heavy atom. The van der Waals surface area contributed by atoms with Crippen molar-refractivity contribution in [1.82, 2.24) is 15.2 Å². The summed E-state index contributed by atoms with van der Waals surface area (Å²) in [5.74, 6) is -0.270. The first-order valence-corrected chi connectivity index (χ1v) is 12.2. The number of hydrogen-bond acceptors (Lipinski definition) is 5. The van der Waals surface area contributed by atoms with Crippen molar-refractivity contribution in [2.75, 3.05) is 11.9 Å². The minimum absolute atomic E-state index is 0.0277. The zero-order valence-corrected chi connectivity index (χ0v) is 20.3. The molecule has 0 saturated carbocycles. The molecule has 0 bridgehead atoms. The number of carbonyl (C=O) groups is 3. The van der Waals surface area contributed by atoms with Gasteiger partial charge in [0, 0.05) is 31.3 Å². The maximum absolute atomic E-state index is 12.9. The number of hydrogen-bond donors (Lipinski definition) is 2. The van der Waals surface area contributed by atoms with Gasteiger partial charge in [-0.25, -0.2) is 4.98 Å². The molecule has 1 aliphatic heterocycles. The zero-order valence-electron chi connectivity index (χ0n) is 19.5. The normalized spacial score (nSPS) is 15.9. The second kappa shape index (κ2) is 10.2. The van der Waals surface area contributed by atoms with Crippen LogP contribution in [0.2, 0.25) is 0 Å². The fourth-order valence-corrected chi connectivity index (χ4v) is 5.12. The second-order valence-electron chi connectivity index (χ2n) is 8.51. The number of nitrogens with zero attached hydrogens (tertiary/aromatic N) is 2. The van der Waals surface area contributed by atoms with Crippen molar-refractivity contribution in [3.63, 3.8) is 0 Å².